The van der Waals surface area contributed by atoms with Gasteiger partial charge in [0.2, 0.25) is 0 Å². The van der Waals surface area contributed by atoms with E-state index in [1.807, 2.05) is 20.0 Å². The first-order valence-electron chi connectivity index (χ1n) is 7.28. The largest absolute Gasteiger partial charge is 0.320 e. The van der Waals surface area contributed by atoms with Crippen LogP contribution in [0.4, 0.5) is 0 Å². The normalized spacial score (nSPS) is 17.6. The van der Waals surface area contributed by atoms with E-state index in [0.717, 1.165) is 48.4 Å². The lowest BCUT2D eigenvalue weighted by Crippen LogP contribution is -2.34. The first-order chi connectivity index (χ1) is 9.60. The second-order valence-electron chi connectivity index (χ2n) is 5.63. The number of piperidine rings is 1. The van der Waals surface area contributed by atoms with E-state index in [1.165, 1.54) is 19.3 Å². The van der Waals surface area contributed by atoms with Crippen LogP contribution in [-0.2, 0) is 6.54 Å². The fraction of sp³-hybridized carbons (Fsp3) is 0.667. The highest BCUT2D eigenvalue weighted by Crippen LogP contribution is 2.27. The van der Waals surface area contributed by atoms with E-state index in [4.69, 9.17) is 23.2 Å². The zero-order valence-electron chi connectivity index (χ0n) is 12.3. The average Bonchev–Trinajstić information content (AvgIpc) is 2.42. The van der Waals surface area contributed by atoms with E-state index in [9.17, 15) is 0 Å². The molecule has 20 heavy (non-hydrogen) atoms. The van der Waals surface area contributed by atoms with Crippen molar-refractivity contribution in [2.45, 2.75) is 32.7 Å². The van der Waals surface area contributed by atoms with Gasteiger partial charge in [-0.3, -0.25) is 4.90 Å². The standard InChI is InChI=1S/C15H23Cl2N3/c1-11-9-14(16)13(15(17)19-11)10-20-7-4-12(5-8-20)3-6-18-2/h9,12,18H,3-8,10H2,1-2H3. The predicted molar refractivity (Wildman–Crippen MR) is 85.5 cm³/mol. The third-order valence-corrected chi connectivity index (χ3v) is 4.69. The number of halogens is 2. The number of pyridine rings is 1. The molecule has 0 bridgehead atoms. The lowest BCUT2D eigenvalue weighted by atomic mass is 9.93. The maximum absolute atomic E-state index is 6.29. The van der Waals surface area contributed by atoms with Gasteiger partial charge in [0.25, 0.3) is 0 Å². The molecule has 112 valence electrons. The first kappa shape index (κ1) is 16.0. The van der Waals surface area contributed by atoms with Crippen LogP contribution in [0.5, 0.6) is 0 Å². The molecule has 2 rings (SSSR count). The maximum atomic E-state index is 6.29. The molecule has 1 saturated heterocycles. The lowest BCUT2D eigenvalue weighted by molar-refractivity contribution is 0.172. The van der Waals surface area contributed by atoms with Crippen LogP contribution in [-0.4, -0.2) is 36.6 Å². The van der Waals surface area contributed by atoms with Gasteiger partial charge in [-0.05, 0) is 64.9 Å². The summed E-state index contributed by atoms with van der Waals surface area (Å²) < 4.78 is 0. The van der Waals surface area contributed by atoms with Crippen molar-refractivity contribution in [3.63, 3.8) is 0 Å². The predicted octanol–water partition coefficient (Wildman–Crippen LogP) is 3.52. The minimum absolute atomic E-state index is 0.548. The summed E-state index contributed by atoms with van der Waals surface area (Å²) in [6.45, 7) is 6.08. The third kappa shape index (κ3) is 4.32. The molecule has 5 heteroatoms. The number of nitrogens with one attached hydrogen (secondary N) is 1. The molecule has 0 aliphatic carbocycles. The second-order valence-corrected chi connectivity index (χ2v) is 6.39. The zero-order valence-corrected chi connectivity index (χ0v) is 13.8. The maximum Gasteiger partial charge on any atom is 0.135 e. The van der Waals surface area contributed by atoms with Gasteiger partial charge in [0.15, 0.2) is 0 Å². The summed E-state index contributed by atoms with van der Waals surface area (Å²) in [6, 6.07) is 1.89. The number of hydrogen-bond donors (Lipinski definition) is 1. The SMILES string of the molecule is CNCCC1CCN(Cc2c(Cl)cc(C)nc2Cl)CC1. The highest BCUT2D eigenvalue weighted by molar-refractivity contribution is 6.35. The van der Waals surface area contributed by atoms with Crippen molar-refractivity contribution >= 4 is 23.2 Å². The molecule has 1 aliphatic rings. The van der Waals surface area contributed by atoms with Crippen LogP contribution in [0.3, 0.4) is 0 Å². The van der Waals surface area contributed by atoms with E-state index in [0.29, 0.717) is 5.15 Å². The van der Waals surface area contributed by atoms with Crippen molar-refractivity contribution in [1.82, 2.24) is 15.2 Å². The van der Waals surface area contributed by atoms with E-state index in [-0.39, 0.29) is 0 Å². The molecular weight excluding hydrogens is 293 g/mol. The molecule has 0 spiro atoms. The molecule has 0 unspecified atom stereocenters. The number of rotatable bonds is 5. The van der Waals surface area contributed by atoms with E-state index >= 15 is 0 Å². The number of hydrogen-bond acceptors (Lipinski definition) is 3. The van der Waals surface area contributed by atoms with E-state index < -0.39 is 0 Å². The van der Waals surface area contributed by atoms with Gasteiger partial charge >= 0.3 is 0 Å². The number of likely N-dealkylation sites (tertiary alicyclic amines) is 1. The van der Waals surface area contributed by atoms with Crippen LogP contribution in [0.25, 0.3) is 0 Å². The molecule has 1 fully saturated rings. The Morgan fingerprint density at radius 3 is 2.65 bits per heavy atom. The van der Waals surface area contributed by atoms with Gasteiger partial charge in [0.1, 0.15) is 5.15 Å². The first-order valence-corrected chi connectivity index (χ1v) is 8.04. The highest BCUT2D eigenvalue weighted by Gasteiger charge is 2.20. The minimum atomic E-state index is 0.548. The van der Waals surface area contributed by atoms with E-state index in [1.54, 1.807) is 0 Å². The Kier molecular flexibility index (Phi) is 6.09. The van der Waals surface area contributed by atoms with Crippen molar-refractivity contribution in [3.05, 3.63) is 27.5 Å². The summed E-state index contributed by atoms with van der Waals surface area (Å²) >= 11 is 12.5. The van der Waals surface area contributed by atoms with Gasteiger partial charge in [-0.15, -0.1) is 0 Å². The summed E-state index contributed by atoms with van der Waals surface area (Å²) in [5.74, 6) is 0.848. The van der Waals surface area contributed by atoms with Crippen molar-refractivity contribution < 1.29 is 0 Å². The molecule has 1 aliphatic heterocycles. The van der Waals surface area contributed by atoms with Crippen LogP contribution in [0, 0.1) is 12.8 Å². The fourth-order valence-electron chi connectivity index (χ4n) is 2.77. The molecule has 3 nitrogen and oxygen atoms in total. The average molecular weight is 316 g/mol. The van der Waals surface area contributed by atoms with Gasteiger partial charge in [-0.2, -0.15) is 0 Å². The van der Waals surface area contributed by atoms with Gasteiger partial charge in [0, 0.05) is 22.8 Å². The Morgan fingerprint density at radius 2 is 2.05 bits per heavy atom. The molecule has 0 atom stereocenters. The summed E-state index contributed by atoms with van der Waals surface area (Å²) in [5.41, 5.74) is 1.84. The molecule has 1 N–H and O–H groups in total. The minimum Gasteiger partial charge on any atom is -0.320 e. The van der Waals surface area contributed by atoms with Gasteiger partial charge in [-0.25, -0.2) is 4.98 Å². The summed E-state index contributed by atoms with van der Waals surface area (Å²) in [7, 11) is 2.02. The molecule has 0 radical (unpaired) electrons. The van der Waals surface area contributed by atoms with Crippen LogP contribution >= 0.6 is 23.2 Å². The monoisotopic (exact) mass is 315 g/mol. The Balaban J connectivity index is 1.90. The third-order valence-electron chi connectivity index (χ3n) is 4.04. The van der Waals surface area contributed by atoms with Crippen LogP contribution in [0.1, 0.15) is 30.5 Å². The molecular formula is C15H23Cl2N3. The molecule has 0 aromatic carbocycles. The van der Waals surface area contributed by atoms with Crippen LogP contribution < -0.4 is 5.32 Å². The quantitative estimate of drug-likeness (QED) is 0.843. The Hall–Kier alpha value is -0.350. The summed E-state index contributed by atoms with van der Waals surface area (Å²) in [5, 5.41) is 4.51. The molecule has 0 amide bonds. The molecule has 0 saturated carbocycles. The summed E-state index contributed by atoms with van der Waals surface area (Å²) in [4.78, 5) is 6.73. The van der Waals surface area contributed by atoms with Gasteiger partial charge < -0.3 is 5.32 Å². The highest BCUT2D eigenvalue weighted by atomic mass is 35.5. The van der Waals surface area contributed by atoms with Crippen molar-refractivity contribution in [2.24, 2.45) is 5.92 Å². The molecule has 2 heterocycles. The molecule has 1 aromatic heterocycles. The number of nitrogens with zero attached hydrogens (tertiary/aromatic N) is 2. The number of aromatic nitrogens is 1. The van der Waals surface area contributed by atoms with Crippen LogP contribution in [0.15, 0.2) is 6.07 Å². The Morgan fingerprint density at radius 1 is 1.35 bits per heavy atom. The van der Waals surface area contributed by atoms with Gasteiger partial charge in [-0.1, -0.05) is 23.2 Å². The number of aryl methyl sites for hydroxylation is 1. The van der Waals surface area contributed by atoms with Crippen molar-refractivity contribution in [2.75, 3.05) is 26.7 Å². The topological polar surface area (TPSA) is 28.2 Å². The Labute approximate surface area is 131 Å². The van der Waals surface area contributed by atoms with Crippen molar-refractivity contribution in [3.8, 4) is 0 Å². The van der Waals surface area contributed by atoms with Gasteiger partial charge in [0.05, 0.1) is 0 Å². The second kappa shape index (κ2) is 7.60. The van der Waals surface area contributed by atoms with Crippen LogP contribution in [0.2, 0.25) is 10.2 Å². The fourth-order valence-corrected chi connectivity index (χ4v) is 3.42. The smallest absolute Gasteiger partial charge is 0.135 e. The summed E-state index contributed by atoms with van der Waals surface area (Å²) in [6.07, 6.45) is 3.80. The van der Waals surface area contributed by atoms with E-state index in [2.05, 4.69) is 15.2 Å². The Bertz CT molecular complexity index is 420. The lowest BCUT2D eigenvalue weighted by Gasteiger charge is -2.32. The zero-order chi connectivity index (χ0) is 14.5. The molecule has 1 aromatic rings. The van der Waals surface area contributed by atoms with Crippen molar-refractivity contribution in [1.29, 1.82) is 0 Å².